The van der Waals surface area contributed by atoms with Gasteiger partial charge < -0.3 is 14.4 Å². The van der Waals surface area contributed by atoms with Crippen molar-refractivity contribution in [3.05, 3.63) is 41.7 Å². The Labute approximate surface area is 141 Å². The molecule has 24 heavy (non-hydrogen) atoms. The summed E-state index contributed by atoms with van der Waals surface area (Å²) in [7, 11) is 1.58. The zero-order valence-corrected chi connectivity index (χ0v) is 14.1. The maximum atomic E-state index is 12.9. The van der Waals surface area contributed by atoms with Gasteiger partial charge in [-0.25, -0.2) is 0 Å². The Morgan fingerprint density at radius 1 is 1.38 bits per heavy atom. The van der Waals surface area contributed by atoms with Gasteiger partial charge in [-0.05, 0) is 44.0 Å². The summed E-state index contributed by atoms with van der Waals surface area (Å²) in [5, 5.41) is 7.04. The average Bonchev–Trinajstić information content (AvgIpc) is 3.16. The predicted octanol–water partition coefficient (Wildman–Crippen LogP) is 2.84. The minimum Gasteiger partial charge on any atom is -0.493 e. The molecular formula is C18H23N3O3. The zero-order chi connectivity index (χ0) is 16.9. The van der Waals surface area contributed by atoms with Crippen LogP contribution in [0.25, 0.3) is 0 Å². The normalized spacial score (nSPS) is 17.6. The Hall–Kier alpha value is -2.50. The number of aromatic nitrogens is 2. The number of nitrogens with zero attached hydrogens (tertiary/aromatic N) is 2. The molecule has 2 aromatic rings. The van der Waals surface area contributed by atoms with Gasteiger partial charge in [0.15, 0.2) is 11.5 Å². The van der Waals surface area contributed by atoms with Gasteiger partial charge in [-0.15, -0.1) is 0 Å². The summed E-state index contributed by atoms with van der Waals surface area (Å²) in [6.45, 7) is 3.96. The van der Waals surface area contributed by atoms with Crippen LogP contribution in [0, 0.1) is 0 Å². The molecule has 6 nitrogen and oxygen atoms in total. The molecule has 1 aliphatic rings. The van der Waals surface area contributed by atoms with E-state index in [1.807, 2.05) is 17.9 Å². The van der Waals surface area contributed by atoms with Crippen LogP contribution in [0.15, 0.2) is 30.5 Å². The number of methoxy groups -OCH3 is 1. The highest BCUT2D eigenvalue weighted by molar-refractivity contribution is 5.95. The molecule has 1 fully saturated rings. The lowest BCUT2D eigenvalue weighted by Crippen LogP contribution is -2.39. The van der Waals surface area contributed by atoms with Crippen molar-refractivity contribution in [3.8, 4) is 11.5 Å². The van der Waals surface area contributed by atoms with E-state index in [-0.39, 0.29) is 5.91 Å². The predicted molar refractivity (Wildman–Crippen MR) is 90.6 cm³/mol. The molecule has 0 saturated carbocycles. The van der Waals surface area contributed by atoms with E-state index in [0.717, 1.165) is 25.1 Å². The molecule has 0 radical (unpaired) electrons. The number of ether oxygens (including phenoxy) is 2. The average molecular weight is 329 g/mol. The van der Waals surface area contributed by atoms with Crippen LogP contribution in [-0.4, -0.2) is 47.8 Å². The molecule has 0 spiro atoms. The smallest absolute Gasteiger partial charge is 0.254 e. The van der Waals surface area contributed by atoms with Gasteiger partial charge in [0, 0.05) is 36.5 Å². The highest BCUT2D eigenvalue weighted by Gasteiger charge is 2.26. The fourth-order valence-corrected chi connectivity index (χ4v) is 3.17. The number of piperidine rings is 1. The number of aromatic amines is 1. The standard InChI is InChI=1S/C18H23N3O3/c1-3-24-16-7-6-13(11-17(16)23-2)18(22)21-10-4-5-14(12-21)15-8-9-19-20-15/h6-9,11,14H,3-5,10,12H2,1-2H3,(H,19,20)/t14-/m0/s1. The van der Waals surface area contributed by atoms with E-state index in [2.05, 4.69) is 10.2 Å². The topological polar surface area (TPSA) is 67.5 Å². The van der Waals surface area contributed by atoms with E-state index in [4.69, 9.17) is 9.47 Å². The quantitative estimate of drug-likeness (QED) is 0.916. The van der Waals surface area contributed by atoms with E-state index in [0.29, 0.717) is 36.1 Å². The minimum atomic E-state index is 0.0283. The van der Waals surface area contributed by atoms with Crippen molar-refractivity contribution in [3.63, 3.8) is 0 Å². The highest BCUT2D eigenvalue weighted by atomic mass is 16.5. The van der Waals surface area contributed by atoms with Gasteiger partial charge in [0.05, 0.1) is 13.7 Å². The van der Waals surface area contributed by atoms with Crippen LogP contribution in [0.2, 0.25) is 0 Å². The first-order valence-electron chi connectivity index (χ1n) is 8.32. The molecule has 1 aliphatic heterocycles. The number of H-pyrrole nitrogens is 1. The molecule has 6 heteroatoms. The largest absolute Gasteiger partial charge is 0.493 e. The van der Waals surface area contributed by atoms with E-state index < -0.39 is 0 Å². The van der Waals surface area contributed by atoms with Gasteiger partial charge in [-0.2, -0.15) is 5.10 Å². The van der Waals surface area contributed by atoms with Crippen LogP contribution in [-0.2, 0) is 0 Å². The monoisotopic (exact) mass is 329 g/mol. The maximum Gasteiger partial charge on any atom is 0.254 e. The summed E-state index contributed by atoms with van der Waals surface area (Å²) in [6, 6.07) is 7.34. The first-order valence-corrected chi connectivity index (χ1v) is 8.32. The Morgan fingerprint density at radius 3 is 2.96 bits per heavy atom. The van der Waals surface area contributed by atoms with E-state index >= 15 is 0 Å². The first-order chi connectivity index (χ1) is 11.7. The summed E-state index contributed by atoms with van der Waals surface area (Å²) in [6.07, 6.45) is 3.82. The van der Waals surface area contributed by atoms with Crippen LogP contribution in [0.5, 0.6) is 11.5 Å². The summed E-state index contributed by atoms with van der Waals surface area (Å²) < 4.78 is 10.9. The maximum absolute atomic E-state index is 12.9. The first kappa shape index (κ1) is 16.4. The van der Waals surface area contributed by atoms with Gasteiger partial charge >= 0.3 is 0 Å². The molecule has 3 rings (SSSR count). The van der Waals surface area contributed by atoms with Crippen LogP contribution >= 0.6 is 0 Å². The van der Waals surface area contributed by atoms with Gasteiger partial charge in [-0.3, -0.25) is 9.89 Å². The van der Waals surface area contributed by atoms with Crippen LogP contribution in [0.4, 0.5) is 0 Å². The minimum absolute atomic E-state index is 0.0283. The second kappa shape index (κ2) is 7.38. The zero-order valence-electron chi connectivity index (χ0n) is 14.1. The number of nitrogens with one attached hydrogen (secondary N) is 1. The fraction of sp³-hybridized carbons (Fsp3) is 0.444. The summed E-state index contributed by atoms with van der Waals surface area (Å²) >= 11 is 0. The van der Waals surface area contributed by atoms with Crippen LogP contribution in [0.1, 0.15) is 41.7 Å². The molecule has 2 heterocycles. The molecule has 1 amide bonds. The number of carbonyl (C=O) groups is 1. The lowest BCUT2D eigenvalue weighted by Gasteiger charge is -2.32. The summed E-state index contributed by atoms with van der Waals surface area (Å²) in [4.78, 5) is 14.8. The van der Waals surface area contributed by atoms with Crippen molar-refractivity contribution >= 4 is 5.91 Å². The molecule has 128 valence electrons. The molecule has 1 aromatic heterocycles. The highest BCUT2D eigenvalue weighted by Crippen LogP contribution is 2.30. The van der Waals surface area contributed by atoms with Crippen molar-refractivity contribution in [2.75, 3.05) is 26.8 Å². The Bertz CT molecular complexity index is 685. The second-order valence-corrected chi connectivity index (χ2v) is 5.90. The molecule has 0 aliphatic carbocycles. The number of hydrogen-bond acceptors (Lipinski definition) is 4. The third-order valence-corrected chi connectivity index (χ3v) is 4.38. The Morgan fingerprint density at radius 2 is 2.25 bits per heavy atom. The van der Waals surface area contributed by atoms with Gasteiger partial charge in [0.25, 0.3) is 5.91 Å². The van der Waals surface area contributed by atoms with E-state index in [1.54, 1.807) is 31.5 Å². The van der Waals surface area contributed by atoms with E-state index in [9.17, 15) is 4.79 Å². The van der Waals surface area contributed by atoms with Gasteiger partial charge in [0.2, 0.25) is 0 Å². The number of benzene rings is 1. The van der Waals surface area contributed by atoms with Crippen molar-refractivity contribution in [2.24, 2.45) is 0 Å². The van der Waals surface area contributed by atoms with E-state index in [1.165, 1.54) is 0 Å². The van der Waals surface area contributed by atoms with Crippen molar-refractivity contribution in [1.82, 2.24) is 15.1 Å². The van der Waals surface area contributed by atoms with Gasteiger partial charge in [0.1, 0.15) is 0 Å². The summed E-state index contributed by atoms with van der Waals surface area (Å²) in [5.41, 5.74) is 1.72. The fourth-order valence-electron chi connectivity index (χ4n) is 3.17. The molecule has 1 N–H and O–H groups in total. The van der Waals surface area contributed by atoms with Crippen molar-refractivity contribution < 1.29 is 14.3 Å². The number of amides is 1. The molecule has 0 unspecified atom stereocenters. The number of rotatable bonds is 5. The third-order valence-electron chi connectivity index (χ3n) is 4.38. The van der Waals surface area contributed by atoms with Crippen molar-refractivity contribution in [2.45, 2.75) is 25.7 Å². The molecule has 1 atom stereocenters. The van der Waals surface area contributed by atoms with Crippen LogP contribution in [0.3, 0.4) is 0 Å². The number of likely N-dealkylation sites (tertiary alicyclic amines) is 1. The second-order valence-electron chi connectivity index (χ2n) is 5.90. The molecule has 0 bridgehead atoms. The third kappa shape index (κ3) is 3.37. The SMILES string of the molecule is CCOc1ccc(C(=O)N2CCC[C@H](c3ccn[nH]3)C2)cc1OC. The Balaban J connectivity index is 1.76. The lowest BCUT2D eigenvalue weighted by molar-refractivity contribution is 0.0705. The summed E-state index contributed by atoms with van der Waals surface area (Å²) in [5.74, 6) is 1.59. The lowest BCUT2D eigenvalue weighted by atomic mass is 9.94. The number of hydrogen-bond donors (Lipinski definition) is 1. The van der Waals surface area contributed by atoms with Gasteiger partial charge in [-0.1, -0.05) is 0 Å². The molecule has 1 saturated heterocycles. The Kier molecular flexibility index (Phi) is 5.03. The van der Waals surface area contributed by atoms with Crippen molar-refractivity contribution in [1.29, 1.82) is 0 Å². The molecule has 1 aromatic carbocycles. The molecular weight excluding hydrogens is 306 g/mol. The number of carbonyl (C=O) groups excluding carboxylic acids is 1. The van der Waals surface area contributed by atoms with Crippen LogP contribution < -0.4 is 9.47 Å².